The van der Waals surface area contributed by atoms with Gasteiger partial charge in [0.25, 0.3) is 5.56 Å². The van der Waals surface area contributed by atoms with Crippen molar-refractivity contribution in [2.24, 2.45) is 0 Å². The molecule has 27 heavy (non-hydrogen) atoms. The normalized spacial score (nSPS) is 10.9. The molecule has 1 aromatic heterocycles. The molecule has 0 saturated heterocycles. The molecule has 0 aliphatic heterocycles. The number of carboxylic acid groups (broad SMARTS) is 1. The van der Waals surface area contributed by atoms with Gasteiger partial charge in [-0.1, -0.05) is 36.0 Å². The molecule has 3 rings (SSSR count). The number of ether oxygens (including phenoxy) is 1. The highest BCUT2D eigenvalue weighted by atomic mass is 32.2. The van der Waals surface area contributed by atoms with Crippen LogP contribution in [0.5, 0.6) is 5.75 Å². The van der Waals surface area contributed by atoms with Crippen molar-refractivity contribution >= 4 is 28.6 Å². The molecular weight excluding hydrogens is 364 g/mol. The van der Waals surface area contributed by atoms with E-state index in [-0.39, 0.29) is 12.0 Å². The number of fused-ring (bicyclic) bond motifs is 1. The molecule has 0 atom stereocenters. The Morgan fingerprint density at radius 1 is 1.19 bits per heavy atom. The molecule has 0 aliphatic carbocycles. The molecule has 7 heteroatoms. The van der Waals surface area contributed by atoms with Crippen LogP contribution in [0.3, 0.4) is 0 Å². The summed E-state index contributed by atoms with van der Waals surface area (Å²) in [6.45, 7) is 2.88. The standard InChI is InChI=1S/C20H20N2O4S/c1-2-26-15-9-7-14(8-10-15)13-22-19(25)16-5-3-4-6-17(16)21-20(22)27-12-11-18(23)24/h3-10H,2,11-13H2,1H3,(H,23,24). The van der Waals surface area contributed by atoms with Gasteiger partial charge in [0.2, 0.25) is 0 Å². The molecule has 0 radical (unpaired) electrons. The highest BCUT2D eigenvalue weighted by molar-refractivity contribution is 7.99. The van der Waals surface area contributed by atoms with Gasteiger partial charge in [-0.2, -0.15) is 0 Å². The minimum atomic E-state index is -0.872. The van der Waals surface area contributed by atoms with Crippen LogP contribution in [-0.4, -0.2) is 33.0 Å². The molecule has 0 fully saturated rings. The topological polar surface area (TPSA) is 81.4 Å². The first kappa shape index (κ1) is 19.0. The van der Waals surface area contributed by atoms with Crippen LogP contribution in [0.25, 0.3) is 10.9 Å². The lowest BCUT2D eigenvalue weighted by Crippen LogP contribution is -2.24. The second-order valence-electron chi connectivity index (χ2n) is 5.87. The van der Waals surface area contributed by atoms with Crippen LogP contribution in [0, 0.1) is 0 Å². The molecule has 0 unspecified atom stereocenters. The minimum absolute atomic E-state index is 0.0103. The van der Waals surface area contributed by atoms with Crippen molar-refractivity contribution in [1.82, 2.24) is 9.55 Å². The van der Waals surface area contributed by atoms with Gasteiger partial charge in [-0.3, -0.25) is 14.2 Å². The largest absolute Gasteiger partial charge is 0.494 e. The van der Waals surface area contributed by atoms with Gasteiger partial charge in [-0.25, -0.2) is 4.98 Å². The molecule has 1 N–H and O–H groups in total. The summed E-state index contributed by atoms with van der Waals surface area (Å²) >= 11 is 1.28. The Labute approximate surface area is 160 Å². The van der Waals surface area contributed by atoms with E-state index in [9.17, 15) is 9.59 Å². The number of rotatable bonds is 8. The van der Waals surface area contributed by atoms with Crippen LogP contribution in [0.4, 0.5) is 0 Å². The molecule has 2 aromatic carbocycles. The number of benzene rings is 2. The molecule has 3 aromatic rings. The third kappa shape index (κ3) is 4.68. The van der Waals surface area contributed by atoms with Gasteiger partial charge in [0.1, 0.15) is 5.75 Å². The molecule has 0 aliphatic rings. The maximum absolute atomic E-state index is 13.0. The van der Waals surface area contributed by atoms with E-state index in [1.165, 1.54) is 11.8 Å². The molecular formula is C20H20N2O4S. The molecule has 0 saturated carbocycles. The number of para-hydroxylation sites is 1. The zero-order valence-corrected chi connectivity index (χ0v) is 15.7. The number of nitrogens with zero attached hydrogens (tertiary/aromatic N) is 2. The van der Waals surface area contributed by atoms with Crippen molar-refractivity contribution in [2.75, 3.05) is 12.4 Å². The third-order valence-electron chi connectivity index (χ3n) is 3.95. The summed E-state index contributed by atoms with van der Waals surface area (Å²) < 4.78 is 7.05. The fourth-order valence-electron chi connectivity index (χ4n) is 2.67. The van der Waals surface area contributed by atoms with Gasteiger partial charge in [0, 0.05) is 5.75 Å². The summed E-state index contributed by atoms with van der Waals surface area (Å²) in [5.74, 6) is 0.258. The lowest BCUT2D eigenvalue weighted by atomic mass is 10.2. The fraction of sp³-hybridized carbons (Fsp3) is 0.250. The van der Waals surface area contributed by atoms with Crippen molar-refractivity contribution in [3.8, 4) is 5.75 Å². The fourth-order valence-corrected chi connectivity index (χ4v) is 3.59. The van der Waals surface area contributed by atoms with E-state index >= 15 is 0 Å². The molecule has 0 bridgehead atoms. The number of aliphatic carboxylic acids is 1. The Balaban J connectivity index is 1.96. The van der Waals surface area contributed by atoms with Gasteiger partial charge in [-0.15, -0.1) is 0 Å². The quantitative estimate of drug-likeness (QED) is 0.473. The number of thioether (sulfide) groups is 1. The lowest BCUT2D eigenvalue weighted by molar-refractivity contribution is -0.136. The molecule has 1 heterocycles. The highest BCUT2D eigenvalue weighted by Crippen LogP contribution is 2.20. The maximum Gasteiger partial charge on any atom is 0.304 e. The van der Waals surface area contributed by atoms with Gasteiger partial charge in [-0.05, 0) is 36.8 Å². The van der Waals surface area contributed by atoms with E-state index < -0.39 is 5.97 Å². The second kappa shape index (κ2) is 8.73. The molecule has 140 valence electrons. The highest BCUT2D eigenvalue weighted by Gasteiger charge is 2.12. The summed E-state index contributed by atoms with van der Waals surface area (Å²) in [6.07, 6.45) is 0.0103. The second-order valence-corrected chi connectivity index (χ2v) is 6.93. The van der Waals surface area contributed by atoms with Crippen LogP contribution in [0.1, 0.15) is 18.9 Å². The molecule has 0 spiro atoms. The van der Waals surface area contributed by atoms with Crippen molar-refractivity contribution in [3.63, 3.8) is 0 Å². The average molecular weight is 384 g/mol. The van der Waals surface area contributed by atoms with Gasteiger partial charge in [0.05, 0.1) is 30.5 Å². The first-order valence-electron chi connectivity index (χ1n) is 8.64. The van der Waals surface area contributed by atoms with Crippen molar-refractivity contribution in [2.45, 2.75) is 25.0 Å². The Morgan fingerprint density at radius 2 is 1.93 bits per heavy atom. The van der Waals surface area contributed by atoms with E-state index in [2.05, 4.69) is 4.98 Å². The maximum atomic E-state index is 13.0. The van der Waals surface area contributed by atoms with Crippen LogP contribution in [-0.2, 0) is 11.3 Å². The zero-order chi connectivity index (χ0) is 19.2. The van der Waals surface area contributed by atoms with E-state index in [0.717, 1.165) is 11.3 Å². The number of hydrogen-bond acceptors (Lipinski definition) is 5. The zero-order valence-electron chi connectivity index (χ0n) is 14.9. The first-order chi connectivity index (χ1) is 13.1. The summed E-state index contributed by atoms with van der Waals surface area (Å²) in [5.41, 5.74) is 1.42. The summed E-state index contributed by atoms with van der Waals surface area (Å²) in [7, 11) is 0. The predicted molar refractivity (Wildman–Crippen MR) is 106 cm³/mol. The predicted octanol–water partition coefficient (Wildman–Crippen LogP) is 3.41. The average Bonchev–Trinajstić information content (AvgIpc) is 2.66. The van der Waals surface area contributed by atoms with E-state index in [0.29, 0.717) is 35.0 Å². The van der Waals surface area contributed by atoms with E-state index in [1.807, 2.05) is 43.3 Å². The van der Waals surface area contributed by atoms with E-state index in [4.69, 9.17) is 9.84 Å². The van der Waals surface area contributed by atoms with Crippen LogP contribution in [0.15, 0.2) is 58.5 Å². The Morgan fingerprint density at radius 3 is 2.63 bits per heavy atom. The monoisotopic (exact) mass is 384 g/mol. The SMILES string of the molecule is CCOc1ccc(Cn2c(SCCC(=O)O)nc3ccccc3c2=O)cc1. The van der Waals surface area contributed by atoms with Gasteiger partial charge >= 0.3 is 5.97 Å². The Hall–Kier alpha value is -2.80. The van der Waals surface area contributed by atoms with Gasteiger partial charge < -0.3 is 9.84 Å². The van der Waals surface area contributed by atoms with Gasteiger partial charge in [0.15, 0.2) is 5.16 Å². The minimum Gasteiger partial charge on any atom is -0.494 e. The van der Waals surface area contributed by atoms with Crippen LogP contribution < -0.4 is 10.3 Å². The number of hydrogen-bond donors (Lipinski definition) is 1. The number of carboxylic acids is 1. The van der Waals surface area contributed by atoms with Crippen molar-refractivity contribution in [3.05, 3.63) is 64.4 Å². The number of carbonyl (C=O) groups is 1. The van der Waals surface area contributed by atoms with E-state index in [1.54, 1.807) is 16.7 Å². The Bertz CT molecular complexity index is 999. The van der Waals surface area contributed by atoms with Crippen LogP contribution in [0.2, 0.25) is 0 Å². The smallest absolute Gasteiger partial charge is 0.304 e. The van der Waals surface area contributed by atoms with Crippen LogP contribution >= 0.6 is 11.8 Å². The number of aromatic nitrogens is 2. The lowest BCUT2D eigenvalue weighted by Gasteiger charge is -2.13. The molecule has 6 nitrogen and oxygen atoms in total. The van der Waals surface area contributed by atoms with Crippen molar-refractivity contribution < 1.29 is 14.6 Å². The summed E-state index contributed by atoms with van der Waals surface area (Å²) in [5, 5.41) is 9.95. The molecule has 0 amide bonds. The Kier molecular flexibility index (Phi) is 6.13. The van der Waals surface area contributed by atoms with Crippen molar-refractivity contribution in [1.29, 1.82) is 0 Å². The third-order valence-corrected chi connectivity index (χ3v) is 4.93. The summed E-state index contributed by atoms with van der Waals surface area (Å²) in [4.78, 5) is 28.4. The summed E-state index contributed by atoms with van der Waals surface area (Å²) in [6, 6.07) is 14.8. The first-order valence-corrected chi connectivity index (χ1v) is 9.63.